The normalized spacial score (nSPS) is 11.1. The third-order valence-corrected chi connectivity index (χ3v) is 3.99. The molecule has 3 aromatic heterocycles. The van der Waals surface area contributed by atoms with Gasteiger partial charge in [-0.15, -0.1) is 16.4 Å². The van der Waals surface area contributed by atoms with Gasteiger partial charge in [-0.1, -0.05) is 5.21 Å². The summed E-state index contributed by atoms with van der Waals surface area (Å²) in [4.78, 5) is 28.9. The van der Waals surface area contributed by atoms with Crippen LogP contribution in [0.5, 0.6) is 0 Å². The number of aliphatic hydroxyl groups is 1. The van der Waals surface area contributed by atoms with Gasteiger partial charge in [0.25, 0.3) is 11.5 Å². The van der Waals surface area contributed by atoms with Gasteiger partial charge in [0.1, 0.15) is 15.0 Å². The van der Waals surface area contributed by atoms with E-state index in [4.69, 9.17) is 5.11 Å². The van der Waals surface area contributed by atoms with Gasteiger partial charge in [0.2, 0.25) is 0 Å². The first-order valence-electron chi connectivity index (χ1n) is 6.16. The van der Waals surface area contributed by atoms with Crippen molar-refractivity contribution in [3.63, 3.8) is 0 Å². The van der Waals surface area contributed by atoms with Gasteiger partial charge in [-0.05, 0) is 13.0 Å². The first-order valence-corrected chi connectivity index (χ1v) is 6.97. The molecule has 0 saturated carbocycles. The minimum Gasteiger partial charge on any atom is -0.395 e. The summed E-state index contributed by atoms with van der Waals surface area (Å²) in [7, 11) is 0. The Hall–Kier alpha value is -2.39. The number of aromatic amines is 1. The van der Waals surface area contributed by atoms with Crippen molar-refractivity contribution < 1.29 is 9.90 Å². The van der Waals surface area contributed by atoms with Crippen LogP contribution < -0.4 is 10.9 Å². The minimum atomic E-state index is -0.359. The molecule has 1 amide bonds. The molecule has 0 bridgehead atoms. The van der Waals surface area contributed by atoms with E-state index in [0.29, 0.717) is 31.7 Å². The summed E-state index contributed by atoms with van der Waals surface area (Å²) in [5.74, 6) is -0.346. The predicted molar refractivity (Wildman–Crippen MR) is 77.5 cm³/mol. The molecule has 0 aliphatic carbocycles. The predicted octanol–water partition coefficient (Wildman–Crippen LogP) is -0.0417. The van der Waals surface area contributed by atoms with Crippen molar-refractivity contribution in [2.45, 2.75) is 6.92 Å². The molecule has 0 radical (unpaired) electrons. The molecule has 8 nitrogen and oxygen atoms in total. The van der Waals surface area contributed by atoms with Crippen LogP contribution in [0.15, 0.2) is 10.9 Å². The maximum Gasteiger partial charge on any atom is 0.285 e. The molecule has 0 atom stereocenters. The molecular weight excluding hydrogens is 294 g/mol. The lowest BCUT2D eigenvalue weighted by Gasteiger charge is -2.05. The van der Waals surface area contributed by atoms with Crippen molar-refractivity contribution >= 4 is 37.7 Å². The fourth-order valence-electron chi connectivity index (χ4n) is 2.07. The molecular formula is C12H11N5O3S. The number of pyridine rings is 1. The topological polar surface area (TPSA) is 121 Å². The fraction of sp³-hybridized carbons (Fsp3) is 0.250. The lowest BCUT2D eigenvalue weighted by molar-refractivity contribution is 0.0946. The smallest absolute Gasteiger partial charge is 0.285 e. The molecule has 9 heteroatoms. The van der Waals surface area contributed by atoms with Gasteiger partial charge in [-0.3, -0.25) is 9.59 Å². The highest BCUT2D eigenvalue weighted by Crippen LogP contribution is 2.31. The van der Waals surface area contributed by atoms with Crippen LogP contribution in [0.3, 0.4) is 0 Å². The summed E-state index contributed by atoms with van der Waals surface area (Å²) in [5.41, 5.74) is 1.03. The number of carbonyl (C=O) groups excluding carboxylic acids is 1. The molecule has 0 aromatic carbocycles. The molecule has 0 saturated heterocycles. The Kier molecular flexibility index (Phi) is 3.35. The van der Waals surface area contributed by atoms with E-state index in [1.54, 1.807) is 13.0 Å². The molecule has 0 aliphatic heterocycles. The number of carbonyl (C=O) groups is 1. The van der Waals surface area contributed by atoms with Crippen molar-refractivity contribution in [1.29, 1.82) is 0 Å². The first-order chi connectivity index (χ1) is 10.1. The highest BCUT2D eigenvalue weighted by atomic mass is 32.1. The first kappa shape index (κ1) is 13.6. The van der Waals surface area contributed by atoms with Gasteiger partial charge in [-0.25, -0.2) is 10.1 Å². The van der Waals surface area contributed by atoms with E-state index in [0.717, 1.165) is 0 Å². The van der Waals surface area contributed by atoms with Crippen LogP contribution in [-0.4, -0.2) is 44.6 Å². The summed E-state index contributed by atoms with van der Waals surface area (Å²) < 4.78 is 0.384. The van der Waals surface area contributed by atoms with E-state index in [1.807, 2.05) is 0 Å². The van der Waals surface area contributed by atoms with Crippen molar-refractivity contribution in [2.75, 3.05) is 13.2 Å². The van der Waals surface area contributed by atoms with Crippen LogP contribution in [-0.2, 0) is 0 Å². The minimum absolute atomic E-state index is 0.149. The number of fused-ring (bicyclic) bond motifs is 3. The zero-order valence-corrected chi connectivity index (χ0v) is 11.8. The number of nitrogens with one attached hydrogen (secondary N) is 2. The summed E-state index contributed by atoms with van der Waals surface area (Å²) >= 11 is 1.17. The van der Waals surface area contributed by atoms with Crippen molar-refractivity contribution in [3.05, 3.63) is 27.7 Å². The van der Waals surface area contributed by atoms with Gasteiger partial charge in [-0.2, -0.15) is 0 Å². The van der Waals surface area contributed by atoms with Crippen molar-refractivity contribution in [2.24, 2.45) is 0 Å². The second kappa shape index (κ2) is 5.19. The van der Waals surface area contributed by atoms with Crippen LogP contribution in [0.2, 0.25) is 0 Å². The highest BCUT2D eigenvalue weighted by molar-refractivity contribution is 7.25. The maximum absolute atomic E-state index is 12.2. The zero-order chi connectivity index (χ0) is 15.0. The van der Waals surface area contributed by atoms with Gasteiger partial charge in [0.15, 0.2) is 0 Å². The Balaban J connectivity index is 2.33. The summed E-state index contributed by atoms with van der Waals surface area (Å²) in [6.45, 7) is 1.77. The lowest BCUT2D eigenvalue weighted by Crippen LogP contribution is -2.26. The largest absolute Gasteiger partial charge is 0.395 e. The van der Waals surface area contributed by atoms with Gasteiger partial charge < -0.3 is 10.4 Å². The Labute approximate surface area is 121 Å². The Morgan fingerprint density at radius 2 is 2.33 bits per heavy atom. The number of hydrogen-bond donors (Lipinski definition) is 3. The number of amides is 1. The third kappa shape index (κ3) is 2.26. The second-order valence-electron chi connectivity index (χ2n) is 4.39. The Bertz CT molecular complexity index is 901. The van der Waals surface area contributed by atoms with E-state index in [2.05, 4.69) is 25.7 Å². The summed E-state index contributed by atoms with van der Waals surface area (Å²) in [5, 5.41) is 21.6. The molecule has 0 spiro atoms. The van der Waals surface area contributed by atoms with E-state index in [-0.39, 0.29) is 24.6 Å². The number of aryl methyl sites for hydroxylation is 1. The Morgan fingerprint density at radius 3 is 3.10 bits per heavy atom. The molecule has 3 aromatic rings. The van der Waals surface area contributed by atoms with E-state index in [1.165, 1.54) is 11.3 Å². The van der Waals surface area contributed by atoms with Crippen LogP contribution in [0.4, 0.5) is 0 Å². The monoisotopic (exact) mass is 305 g/mol. The maximum atomic E-state index is 12.2. The van der Waals surface area contributed by atoms with Crippen LogP contribution in [0.25, 0.3) is 20.4 Å². The number of aromatic nitrogens is 4. The second-order valence-corrected chi connectivity index (χ2v) is 5.39. The highest BCUT2D eigenvalue weighted by Gasteiger charge is 2.19. The molecule has 3 rings (SSSR count). The quantitative estimate of drug-likeness (QED) is 0.624. The Morgan fingerprint density at radius 1 is 1.52 bits per heavy atom. The molecule has 0 fully saturated rings. The number of aliphatic hydroxyl groups excluding tert-OH is 1. The van der Waals surface area contributed by atoms with Crippen LogP contribution in [0, 0.1) is 6.92 Å². The van der Waals surface area contributed by atoms with Gasteiger partial charge >= 0.3 is 0 Å². The molecule has 21 heavy (non-hydrogen) atoms. The molecule has 0 unspecified atom stereocenters. The number of H-pyrrole nitrogens is 1. The van der Waals surface area contributed by atoms with Crippen molar-refractivity contribution in [3.8, 4) is 0 Å². The zero-order valence-electron chi connectivity index (χ0n) is 11.0. The van der Waals surface area contributed by atoms with Crippen molar-refractivity contribution in [1.82, 2.24) is 25.7 Å². The lowest BCUT2D eigenvalue weighted by atomic mass is 10.1. The summed E-state index contributed by atoms with van der Waals surface area (Å²) in [6.07, 6.45) is 0. The van der Waals surface area contributed by atoms with E-state index >= 15 is 0 Å². The average Bonchev–Trinajstić information content (AvgIpc) is 2.83. The fourth-order valence-corrected chi connectivity index (χ4v) is 3.14. The van der Waals surface area contributed by atoms with Crippen LogP contribution >= 0.6 is 11.3 Å². The van der Waals surface area contributed by atoms with Gasteiger partial charge in [0, 0.05) is 12.2 Å². The van der Waals surface area contributed by atoms with Gasteiger partial charge in [0.05, 0.1) is 17.6 Å². The standard InChI is InChI=1S/C12H11N5O3S/c1-5-4-6(10(19)13-2-3-18)7-8-9(21-12(7)14-5)11(20)16-17-15-8/h4,18H,2-3H2,1H3,(H,13,19)(H,15,16,20). The number of rotatable bonds is 3. The number of thiophene rings is 1. The SMILES string of the molecule is Cc1cc(C(=O)NCCO)c2c(n1)sc1c(=O)[nH]nnc12. The molecule has 3 heterocycles. The van der Waals surface area contributed by atoms with E-state index < -0.39 is 0 Å². The molecule has 3 N–H and O–H groups in total. The van der Waals surface area contributed by atoms with Crippen LogP contribution in [0.1, 0.15) is 16.1 Å². The average molecular weight is 305 g/mol. The van der Waals surface area contributed by atoms with E-state index in [9.17, 15) is 9.59 Å². The molecule has 0 aliphatic rings. The number of nitrogens with zero attached hydrogens (tertiary/aromatic N) is 3. The number of hydrogen-bond acceptors (Lipinski definition) is 7. The molecule has 108 valence electrons. The third-order valence-electron chi connectivity index (χ3n) is 2.91. The summed E-state index contributed by atoms with van der Waals surface area (Å²) in [6, 6.07) is 1.63.